The second kappa shape index (κ2) is 4.84. The lowest BCUT2D eigenvalue weighted by atomic mass is 9.89. The van der Waals surface area contributed by atoms with Gasteiger partial charge in [-0.25, -0.2) is 4.72 Å². The van der Waals surface area contributed by atoms with Crippen LogP contribution in [0.4, 0.5) is 0 Å². The molecule has 2 aliphatic heterocycles. The SMILES string of the molecule is CC1CCCN(S(=O)(=O)NCC2(C)COC2)C1. The number of hydrogen-bond donors (Lipinski definition) is 1. The molecule has 100 valence electrons. The van der Waals surface area contributed by atoms with Gasteiger partial charge < -0.3 is 4.74 Å². The van der Waals surface area contributed by atoms with Crippen molar-refractivity contribution in [3.05, 3.63) is 0 Å². The van der Waals surface area contributed by atoms with E-state index in [-0.39, 0.29) is 5.41 Å². The number of nitrogens with one attached hydrogen (secondary N) is 1. The molecule has 17 heavy (non-hydrogen) atoms. The predicted octanol–water partition coefficient (Wildman–Crippen LogP) is 0.589. The van der Waals surface area contributed by atoms with E-state index < -0.39 is 10.2 Å². The topological polar surface area (TPSA) is 58.6 Å². The van der Waals surface area contributed by atoms with Crippen LogP contribution in [-0.2, 0) is 14.9 Å². The third-order valence-electron chi connectivity index (χ3n) is 3.54. The Kier molecular flexibility index (Phi) is 3.77. The maximum absolute atomic E-state index is 12.1. The van der Waals surface area contributed by atoms with E-state index in [0.717, 1.165) is 12.8 Å². The Morgan fingerprint density at radius 1 is 1.47 bits per heavy atom. The number of ether oxygens (including phenoxy) is 1. The molecule has 6 heteroatoms. The molecule has 1 unspecified atom stereocenters. The second-order valence-corrected chi connectivity index (χ2v) is 7.49. The summed E-state index contributed by atoms with van der Waals surface area (Å²) in [5.41, 5.74) is -0.0194. The maximum atomic E-state index is 12.1. The van der Waals surface area contributed by atoms with Crippen molar-refractivity contribution in [3.8, 4) is 0 Å². The molecule has 0 radical (unpaired) electrons. The Bertz CT molecular complexity index is 365. The zero-order chi connectivity index (χ0) is 12.5. The van der Waals surface area contributed by atoms with Crippen LogP contribution in [0.1, 0.15) is 26.7 Å². The van der Waals surface area contributed by atoms with Crippen LogP contribution in [0.3, 0.4) is 0 Å². The van der Waals surface area contributed by atoms with Crippen molar-refractivity contribution < 1.29 is 13.2 Å². The van der Waals surface area contributed by atoms with Gasteiger partial charge in [0.05, 0.1) is 13.2 Å². The Morgan fingerprint density at radius 2 is 2.18 bits per heavy atom. The molecule has 0 spiro atoms. The number of rotatable bonds is 4. The van der Waals surface area contributed by atoms with Gasteiger partial charge in [0, 0.05) is 25.0 Å². The molecular weight excluding hydrogens is 240 g/mol. The van der Waals surface area contributed by atoms with Gasteiger partial charge in [0.15, 0.2) is 0 Å². The van der Waals surface area contributed by atoms with Crippen molar-refractivity contribution in [1.82, 2.24) is 9.03 Å². The van der Waals surface area contributed by atoms with Crippen molar-refractivity contribution in [1.29, 1.82) is 0 Å². The van der Waals surface area contributed by atoms with E-state index in [2.05, 4.69) is 11.6 Å². The van der Waals surface area contributed by atoms with Gasteiger partial charge in [-0.1, -0.05) is 13.8 Å². The van der Waals surface area contributed by atoms with E-state index in [9.17, 15) is 8.42 Å². The monoisotopic (exact) mass is 262 g/mol. The predicted molar refractivity (Wildman–Crippen MR) is 65.8 cm³/mol. The molecule has 2 saturated heterocycles. The minimum absolute atomic E-state index is 0.0194. The lowest BCUT2D eigenvalue weighted by molar-refractivity contribution is -0.0967. The Labute approximate surface area is 104 Å². The van der Waals surface area contributed by atoms with Crippen LogP contribution < -0.4 is 4.72 Å². The molecule has 0 aromatic heterocycles. The molecule has 0 aromatic rings. The first-order valence-electron chi connectivity index (χ1n) is 6.24. The van der Waals surface area contributed by atoms with Gasteiger partial charge in [0.25, 0.3) is 10.2 Å². The average molecular weight is 262 g/mol. The standard InChI is InChI=1S/C11H22N2O3S/c1-10-4-3-5-13(6-10)17(14,15)12-7-11(2)8-16-9-11/h10,12H,3-9H2,1-2H3. The van der Waals surface area contributed by atoms with Crippen LogP contribution in [0.2, 0.25) is 0 Å². The summed E-state index contributed by atoms with van der Waals surface area (Å²) in [6.45, 7) is 7.19. The van der Waals surface area contributed by atoms with Crippen molar-refractivity contribution >= 4 is 10.2 Å². The molecule has 5 nitrogen and oxygen atoms in total. The fraction of sp³-hybridized carbons (Fsp3) is 1.00. The van der Waals surface area contributed by atoms with E-state index in [1.807, 2.05) is 6.92 Å². The van der Waals surface area contributed by atoms with E-state index >= 15 is 0 Å². The summed E-state index contributed by atoms with van der Waals surface area (Å²) in [5, 5.41) is 0. The van der Waals surface area contributed by atoms with E-state index in [1.165, 1.54) is 0 Å². The molecule has 2 aliphatic rings. The lowest BCUT2D eigenvalue weighted by Gasteiger charge is -2.39. The molecular formula is C11H22N2O3S. The summed E-state index contributed by atoms with van der Waals surface area (Å²) < 4.78 is 33.6. The van der Waals surface area contributed by atoms with E-state index in [1.54, 1.807) is 4.31 Å². The van der Waals surface area contributed by atoms with Crippen LogP contribution in [-0.4, -0.2) is 45.6 Å². The Balaban J connectivity index is 1.89. The van der Waals surface area contributed by atoms with Gasteiger partial charge >= 0.3 is 0 Å². The first-order valence-corrected chi connectivity index (χ1v) is 7.68. The van der Waals surface area contributed by atoms with E-state index in [0.29, 0.717) is 38.8 Å². The maximum Gasteiger partial charge on any atom is 0.279 e. The molecule has 2 rings (SSSR count). The van der Waals surface area contributed by atoms with Crippen molar-refractivity contribution in [3.63, 3.8) is 0 Å². The van der Waals surface area contributed by atoms with Crippen LogP contribution in [0.25, 0.3) is 0 Å². The fourth-order valence-electron chi connectivity index (χ4n) is 2.27. The molecule has 0 aliphatic carbocycles. The highest BCUT2D eigenvalue weighted by molar-refractivity contribution is 7.87. The molecule has 1 atom stereocenters. The van der Waals surface area contributed by atoms with Crippen LogP contribution in [0.15, 0.2) is 0 Å². The third kappa shape index (κ3) is 3.19. The zero-order valence-electron chi connectivity index (χ0n) is 10.6. The summed E-state index contributed by atoms with van der Waals surface area (Å²) in [7, 11) is -3.30. The van der Waals surface area contributed by atoms with Gasteiger partial charge in [-0.3, -0.25) is 0 Å². The van der Waals surface area contributed by atoms with Gasteiger partial charge in [-0.15, -0.1) is 0 Å². The normalized spacial score (nSPS) is 29.9. The van der Waals surface area contributed by atoms with E-state index in [4.69, 9.17) is 4.74 Å². The molecule has 0 aromatic carbocycles. The smallest absolute Gasteiger partial charge is 0.279 e. The first kappa shape index (κ1) is 13.3. The minimum atomic E-state index is -3.30. The third-order valence-corrected chi connectivity index (χ3v) is 5.06. The van der Waals surface area contributed by atoms with Crippen molar-refractivity contribution in [2.24, 2.45) is 11.3 Å². The summed E-state index contributed by atoms with van der Waals surface area (Å²) in [4.78, 5) is 0. The molecule has 2 fully saturated rings. The molecule has 0 bridgehead atoms. The molecule has 2 heterocycles. The highest BCUT2D eigenvalue weighted by Gasteiger charge is 2.36. The van der Waals surface area contributed by atoms with Crippen molar-refractivity contribution in [2.45, 2.75) is 26.7 Å². The highest BCUT2D eigenvalue weighted by atomic mass is 32.2. The zero-order valence-corrected chi connectivity index (χ0v) is 11.4. The van der Waals surface area contributed by atoms with Gasteiger partial charge in [-0.05, 0) is 18.8 Å². The largest absolute Gasteiger partial charge is 0.380 e. The minimum Gasteiger partial charge on any atom is -0.380 e. The molecule has 1 N–H and O–H groups in total. The summed E-state index contributed by atoms with van der Waals surface area (Å²) in [5.74, 6) is 0.461. The quantitative estimate of drug-likeness (QED) is 0.806. The first-order chi connectivity index (χ1) is 7.91. The Hall–Kier alpha value is -0.170. The summed E-state index contributed by atoms with van der Waals surface area (Å²) in [6, 6.07) is 0. The Morgan fingerprint density at radius 3 is 2.71 bits per heavy atom. The summed E-state index contributed by atoms with van der Waals surface area (Å²) >= 11 is 0. The fourth-order valence-corrected chi connectivity index (χ4v) is 3.81. The van der Waals surface area contributed by atoms with Gasteiger partial charge in [-0.2, -0.15) is 12.7 Å². The van der Waals surface area contributed by atoms with Gasteiger partial charge in [0.1, 0.15) is 0 Å². The second-order valence-electron chi connectivity index (χ2n) is 5.74. The molecule has 0 amide bonds. The van der Waals surface area contributed by atoms with Crippen LogP contribution in [0.5, 0.6) is 0 Å². The number of hydrogen-bond acceptors (Lipinski definition) is 3. The van der Waals surface area contributed by atoms with Crippen LogP contribution in [0, 0.1) is 11.3 Å². The number of piperidine rings is 1. The number of nitrogens with zero attached hydrogens (tertiary/aromatic N) is 1. The van der Waals surface area contributed by atoms with Crippen molar-refractivity contribution in [2.75, 3.05) is 32.8 Å². The highest BCUT2D eigenvalue weighted by Crippen LogP contribution is 2.26. The van der Waals surface area contributed by atoms with Crippen LogP contribution >= 0.6 is 0 Å². The molecule has 0 saturated carbocycles. The average Bonchev–Trinajstić information content (AvgIpc) is 2.24. The summed E-state index contributed by atoms with van der Waals surface area (Å²) in [6.07, 6.45) is 2.08. The lowest BCUT2D eigenvalue weighted by Crippen LogP contribution is -2.52. The van der Waals surface area contributed by atoms with Gasteiger partial charge in [0.2, 0.25) is 0 Å².